The molecule has 3 N–H and O–H groups in total. The van der Waals surface area contributed by atoms with Crippen molar-refractivity contribution in [2.75, 3.05) is 13.1 Å². The van der Waals surface area contributed by atoms with E-state index in [1.54, 1.807) is 27.7 Å². The predicted octanol–water partition coefficient (Wildman–Crippen LogP) is 0.624. The molecule has 0 bridgehead atoms. The minimum absolute atomic E-state index is 0.251. The largest absolute Gasteiger partial charge is 0.458 e. The maximum Gasteiger partial charge on any atom is 0.328 e. The third kappa shape index (κ3) is 5.61. The van der Waals surface area contributed by atoms with Gasteiger partial charge < -0.3 is 20.7 Å². The zero-order valence-corrected chi connectivity index (χ0v) is 13.1. The van der Waals surface area contributed by atoms with Gasteiger partial charge in [0.15, 0.2) is 0 Å². The van der Waals surface area contributed by atoms with Gasteiger partial charge in [0.05, 0.1) is 5.92 Å². The molecule has 3 amide bonds. The van der Waals surface area contributed by atoms with E-state index < -0.39 is 23.6 Å². The smallest absolute Gasteiger partial charge is 0.328 e. The second-order valence-electron chi connectivity index (χ2n) is 6.39. The van der Waals surface area contributed by atoms with Crippen molar-refractivity contribution in [1.29, 1.82) is 0 Å². The normalized spacial score (nSPS) is 20.6. The molecule has 7 nitrogen and oxygen atoms in total. The van der Waals surface area contributed by atoms with Crippen LogP contribution < -0.4 is 11.1 Å². The first kappa shape index (κ1) is 17.3. The van der Waals surface area contributed by atoms with E-state index in [2.05, 4.69) is 5.32 Å². The van der Waals surface area contributed by atoms with Crippen molar-refractivity contribution in [1.82, 2.24) is 10.2 Å². The van der Waals surface area contributed by atoms with E-state index in [4.69, 9.17) is 10.5 Å². The molecule has 0 spiro atoms. The summed E-state index contributed by atoms with van der Waals surface area (Å²) in [6, 6.07) is -1.24. The average Bonchev–Trinajstić information content (AvgIpc) is 2.36. The number of hydrogen-bond donors (Lipinski definition) is 2. The number of esters is 1. The predicted molar refractivity (Wildman–Crippen MR) is 77.3 cm³/mol. The SMILES string of the molecule is C[C@H](NC(=O)C1CCCN(C(N)=O)C1)C(=O)OC(C)(C)C. The highest BCUT2D eigenvalue weighted by Crippen LogP contribution is 2.17. The molecule has 7 heteroatoms. The lowest BCUT2D eigenvalue weighted by atomic mass is 9.97. The number of primary amides is 1. The minimum atomic E-state index is -0.722. The fourth-order valence-corrected chi connectivity index (χ4v) is 2.17. The van der Waals surface area contributed by atoms with Crippen LogP contribution in [0.15, 0.2) is 0 Å². The average molecular weight is 299 g/mol. The van der Waals surface area contributed by atoms with Crippen LogP contribution in [0.3, 0.4) is 0 Å². The highest BCUT2D eigenvalue weighted by Gasteiger charge is 2.30. The number of nitrogens with zero attached hydrogens (tertiary/aromatic N) is 1. The number of rotatable bonds is 3. The Morgan fingerprint density at radius 1 is 1.33 bits per heavy atom. The monoisotopic (exact) mass is 299 g/mol. The molecule has 1 heterocycles. The molecule has 1 rings (SSSR count). The summed E-state index contributed by atoms with van der Waals surface area (Å²) in [6.45, 7) is 7.76. The Morgan fingerprint density at radius 2 is 1.95 bits per heavy atom. The molecule has 0 aromatic heterocycles. The maximum atomic E-state index is 12.1. The van der Waals surface area contributed by atoms with Crippen LogP contribution in [0.2, 0.25) is 0 Å². The van der Waals surface area contributed by atoms with E-state index in [0.717, 1.165) is 6.42 Å². The molecule has 1 fully saturated rings. The van der Waals surface area contributed by atoms with Crippen LogP contribution in [0, 0.1) is 5.92 Å². The topological polar surface area (TPSA) is 102 Å². The molecular formula is C14H25N3O4. The summed E-state index contributed by atoms with van der Waals surface area (Å²) in [5.74, 6) is -1.06. The van der Waals surface area contributed by atoms with Crippen LogP contribution in [0.25, 0.3) is 0 Å². The molecule has 1 saturated heterocycles. The van der Waals surface area contributed by atoms with Gasteiger partial charge in [-0.2, -0.15) is 0 Å². The summed E-state index contributed by atoms with van der Waals surface area (Å²) in [4.78, 5) is 36.6. The number of ether oxygens (including phenoxy) is 1. The van der Waals surface area contributed by atoms with E-state index in [1.165, 1.54) is 4.90 Å². The van der Waals surface area contributed by atoms with E-state index in [9.17, 15) is 14.4 Å². The first-order chi connectivity index (χ1) is 9.60. The zero-order chi connectivity index (χ0) is 16.2. The van der Waals surface area contributed by atoms with E-state index in [-0.39, 0.29) is 11.8 Å². The van der Waals surface area contributed by atoms with Crippen molar-refractivity contribution in [3.8, 4) is 0 Å². The number of nitrogens with two attached hydrogens (primary N) is 1. The van der Waals surface area contributed by atoms with Crippen molar-refractivity contribution in [2.24, 2.45) is 11.7 Å². The number of urea groups is 1. The summed E-state index contributed by atoms with van der Waals surface area (Å²) in [7, 11) is 0. The van der Waals surface area contributed by atoms with Gasteiger partial charge in [-0.05, 0) is 40.5 Å². The van der Waals surface area contributed by atoms with Crippen LogP contribution in [0.5, 0.6) is 0 Å². The molecule has 0 aliphatic carbocycles. The molecule has 0 aromatic carbocycles. The summed E-state index contributed by atoms with van der Waals surface area (Å²) in [5.41, 5.74) is 4.64. The summed E-state index contributed by atoms with van der Waals surface area (Å²) < 4.78 is 5.21. The molecule has 21 heavy (non-hydrogen) atoms. The number of likely N-dealkylation sites (tertiary alicyclic amines) is 1. The first-order valence-corrected chi connectivity index (χ1v) is 7.18. The maximum absolute atomic E-state index is 12.1. The van der Waals surface area contributed by atoms with Crippen molar-refractivity contribution in [3.63, 3.8) is 0 Å². The minimum Gasteiger partial charge on any atom is -0.458 e. The van der Waals surface area contributed by atoms with E-state index in [1.807, 2.05) is 0 Å². The van der Waals surface area contributed by atoms with E-state index in [0.29, 0.717) is 19.5 Å². The van der Waals surface area contributed by atoms with Gasteiger partial charge in [0.1, 0.15) is 11.6 Å². The van der Waals surface area contributed by atoms with Gasteiger partial charge in [-0.3, -0.25) is 4.79 Å². The number of piperidine rings is 1. The molecule has 0 radical (unpaired) electrons. The molecule has 120 valence electrons. The Balaban J connectivity index is 2.52. The number of carbonyl (C=O) groups excluding carboxylic acids is 3. The van der Waals surface area contributed by atoms with Crippen LogP contribution in [0.1, 0.15) is 40.5 Å². The number of amides is 3. The van der Waals surface area contributed by atoms with Gasteiger partial charge in [-0.1, -0.05) is 0 Å². The Morgan fingerprint density at radius 3 is 2.48 bits per heavy atom. The van der Waals surface area contributed by atoms with Crippen LogP contribution >= 0.6 is 0 Å². The molecule has 1 aliphatic rings. The van der Waals surface area contributed by atoms with Crippen molar-refractivity contribution in [2.45, 2.75) is 52.2 Å². The van der Waals surface area contributed by atoms with E-state index >= 15 is 0 Å². The molecule has 1 aliphatic heterocycles. The van der Waals surface area contributed by atoms with Gasteiger partial charge in [-0.15, -0.1) is 0 Å². The Kier molecular flexibility index (Phi) is 5.57. The van der Waals surface area contributed by atoms with Crippen molar-refractivity contribution >= 4 is 17.9 Å². The first-order valence-electron chi connectivity index (χ1n) is 7.18. The second kappa shape index (κ2) is 6.78. The van der Waals surface area contributed by atoms with Gasteiger partial charge in [0.25, 0.3) is 0 Å². The van der Waals surface area contributed by atoms with Crippen LogP contribution in [0.4, 0.5) is 4.79 Å². The van der Waals surface area contributed by atoms with Crippen LogP contribution in [-0.2, 0) is 14.3 Å². The summed E-state index contributed by atoms with van der Waals surface area (Å²) in [5, 5.41) is 2.64. The fraction of sp³-hybridized carbons (Fsp3) is 0.786. The lowest BCUT2D eigenvalue weighted by molar-refractivity contribution is -0.158. The summed E-state index contributed by atoms with van der Waals surface area (Å²) >= 11 is 0. The quantitative estimate of drug-likeness (QED) is 0.746. The molecule has 0 saturated carbocycles. The highest BCUT2D eigenvalue weighted by molar-refractivity contribution is 5.86. The van der Waals surface area contributed by atoms with Gasteiger partial charge in [0.2, 0.25) is 5.91 Å². The van der Waals surface area contributed by atoms with Gasteiger partial charge >= 0.3 is 12.0 Å². The summed E-state index contributed by atoms with van der Waals surface area (Å²) in [6.07, 6.45) is 1.40. The van der Waals surface area contributed by atoms with Crippen LogP contribution in [-0.4, -0.2) is 47.5 Å². The second-order valence-corrected chi connectivity index (χ2v) is 6.39. The standard InChI is InChI=1S/C14H25N3O4/c1-9(12(19)21-14(2,3)4)16-11(18)10-6-5-7-17(8-10)13(15)20/h9-10H,5-8H2,1-4H3,(H2,15,20)(H,16,18)/t9-,10?/m0/s1. The molecule has 2 atom stereocenters. The third-order valence-electron chi connectivity index (χ3n) is 3.22. The van der Waals surface area contributed by atoms with Crippen molar-refractivity contribution < 1.29 is 19.1 Å². The number of hydrogen-bond acceptors (Lipinski definition) is 4. The van der Waals surface area contributed by atoms with Gasteiger partial charge in [0, 0.05) is 13.1 Å². The zero-order valence-electron chi connectivity index (χ0n) is 13.1. The fourth-order valence-electron chi connectivity index (χ4n) is 2.17. The highest BCUT2D eigenvalue weighted by atomic mass is 16.6. The Labute approximate surface area is 125 Å². The molecular weight excluding hydrogens is 274 g/mol. The molecule has 1 unspecified atom stereocenters. The number of nitrogens with one attached hydrogen (secondary N) is 1. The lowest BCUT2D eigenvalue weighted by Crippen LogP contribution is -2.50. The lowest BCUT2D eigenvalue weighted by Gasteiger charge is -2.31. The Bertz CT molecular complexity index is 417. The van der Waals surface area contributed by atoms with Crippen molar-refractivity contribution in [3.05, 3.63) is 0 Å². The van der Waals surface area contributed by atoms with Gasteiger partial charge in [-0.25, -0.2) is 9.59 Å². The third-order valence-corrected chi connectivity index (χ3v) is 3.22. The Hall–Kier alpha value is -1.79. The molecule has 0 aromatic rings. The number of carbonyl (C=O) groups is 3.